The summed E-state index contributed by atoms with van der Waals surface area (Å²) in [6.45, 7) is 0.738. The molecule has 2 aliphatic heterocycles. The monoisotopic (exact) mass is 256 g/mol. The summed E-state index contributed by atoms with van der Waals surface area (Å²) < 4.78 is -1.08. The minimum atomic E-state index is -0.541. The van der Waals surface area contributed by atoms with Crippen molar-refractivity contribution in [3.05, 3.63) is 59.3 Å². The Morgan fingerprint density at radius 2 is 1.19 bits per heavy atom. The van der Waals surface area contributed by atoms with Crippen LogP contribution < -0.4 is 0 Å². The molecule has 0 saturated carbocycles. The molecular formula is C10H12N2O2S2. The van der Waals surface area contributed by atoms with Crippen LogP contribution >= 0.6 is 22.0 Å². The average Bonchev–Trinajstić information content (AvgIpc) is 2.29. The van der Waals surface area contributed by atoms with Crippen molar-refractivity contribution in [1.82, 2.24) is 0 Å². The van der Waals surface area contributed by atoms with E-state index < -0.39 is 8.10 Å². The third kappa shape index (κ3) is 3.00. The van der Waals surface area contributed by atoms with Gasteiger partial charge in [0.25, 0.3) is 0 Å². The molecule has 0 amide bonds. The van der Waals surface area contributed by atoms with E-state index in [0.717, 1.165) is 22.0 Å². The first-order chi connectivity index (χ1) is 7.62. The van der Waals surface area contributed by atoms with Crippen molar-refractivity contribution in [1.29, 1.82) is 0 Å². The molecule has 0 aromatic carbocycles. The molecule has 0 saturated heterocycles. The van der Waals surface area contributed by atoms with Gasteiger partial charge in [-0.3, -0.25) is 8.10 Å². The van der Waals surface area contributed by atoms with Gasteiger partial charge in [-0.2, -0.15) is 0 Å². The van der Waals surface area contributed by atoms with Crippen molar-refractivity contribution in [3.8, 4) is 0 Å². The standard InChI is InChI=1S/C10H12N2O2S2/c13-11(7-3-1-4-8-11)15-16-12(14)9-5-2-6-10-12/h1-7,9H,8,10H2. The summed E-state index contributed by atoms with van der Waals surface area (Å²) >= 11 is 0. The molecule has 0 aliphatic carbocycles. The lowest BCUT2D eigenvalue weighted by molar-refractivity contribution is -0.683. The number of allylic oxidation sites excluding steroid dienone is 4. The summed E-state index contributed by atoms with van der Waals surface area (Å²) in [6.07, 6.45) is 13.8. The molecule has 0 radical (unpaired) electrons. The van der Waals surface area contributed by atoms with E-state index in [9.17, 15) is 10.4 Å². The lowest BCUT2D eigenvalue weighted by Crippen LogP contribution is -2.33. The van der Waals surface area contributed by atoms with E-state index in [1.54, 1.807) is 24.6 Å². The third-order valence-corrected chi connectivity index (χ3v) is 4.95. The molecule has 2 rings (SSSR count). The minimum absolute atomic E-state index is 0.369. The van der Waals surface area contributed by atoms with Crippen molar-refractivity contribution < 1.29 is 8.10 Å². The predicted octanol–water partition coefficient (Wildman–Crippen LogP) is 2.99. The van der Waals surface area contributed by atoms with Gasteiger partial charge in [0.05, 0.1) is 0 Å². The van der Waals surface area contributed by atoms with Crippen molar-refractivity contribution in [2.75, 3.05) is 13.1 Å². The molecule has 0 aromatic rings. The highest BCUT2D eigenvalue weighted by atomic mass is 33.1. The first-order valence-corrected chi connectivity index (χ1v) is 6.93. The predicted molar refractivity (Wildman–Crippen MR) is 68.7 cm³/mol. The second-order valence-corrected chi connectivity index (χ2v) is 5.93. The van der Waals surface area contributed by atoms with Gasteiger partial charge in [-0.05, 0) is 24.3 Å². The Bertz CT molecular complexity index is 345. The van der Waals surface area contributed by atoms with Crippen LogP contribution in [-0.4, -0.2) is 21.2 Å². The maximum absolute atomic E-state index is 12.1. The highest BCUT2D eigenvalue weighted by Crippen LogP contribution is 2.42. The number of hydroxylamine groups is 4. The van der Waals surface area contributed by atoms with Gasteiger partial charge in [-0.1, -0.05) is 12.2 Å². The average molecular weight is 256 g/mol. The lowest BCUT2D eigenvalue weighted by Gasteiger charge is -2.39. The van der Waals surface area contributed by atoms with E-state index in [1.807, 2.05) is 24.3 Å². The summed E-state index contributed by atoms with van der Waals surface area (Å²) in [6, 6.07) is 0. The Balaban J connectivity index is 1.92. The Morgan fingerprint density at radius 1 is 0.750 bits per heavy atom. The van der Waals surface area contributed by atoms with Crippen LogP contribution in [0.4, 0.5) is 0 Å². The van der Waals surface area contributed by atoms with Crippen LogP contribution in [0.3, 0.4) is 0 Å². The van der Waals surface area contributed by atoms with Gasteiger partial charge in [0.1, 0.15) is 25.5 Å². The van der Waals surface area contributed by atoms with Crippen LogP contribution in [0.1, 0.15) is 0 Å². The van der Waals surface area contributed by atoms with Crippen molar-refractivity contribution in [2.45, 2.75) is 0 Å². The lowest BCUT2D eigenvalue weighted by atomic mass is 10.4. The molecule has 0 bridgehead atoms. The normalized spacial score (nSPS) is 36.9. The first-order valence-electron chi connectivity index (χ1n) is 4.86. The van der Waals surface area contributed by atoms with Gasteiger partial charge in [0.2, 0.25) is 22.0 Å². The Morgan fingerprint density at radius 3 is 1.50 bits per heavy atom. The molecule has 0 fully saturated rings. The van der Waals surface area contributed by atoms with Gasteiger partial charge in [0, 0.05) is 0 Å². The van der Waals surface area contributed by atoms with Crippen LogP contribution in [-0.2, 0) is 0 Å². The van der Waals surface area contributed by atoms with Crippen LogP contribution in [0, 0.1) is 10.4 Å². The SMILES string of the molecule is [O-][N+]1(SS[N+]2([O-])C=CC=CC2)C=CC=CC1. The van der Waals surface area contributed by atoms with Crippen LogP contribution in [0.25, 0.3) is 0 Å². The van der Waals surface area contributed by atoms with Crippen molar-refractivity contribution in [3.63, 3.8) is 0 Å². The second-order valence-electron chi connectivity index (χ2n) is 3.51. The highest BCUT2D eigenvalue weighted by molar-refractivity contribution is 8.72. The maximum atomic E-state index is 12.1. The summed E-state index contributed by atoms with van der Waals surface area (Å²) in [5, 5.41) is 24.1. The molecular weight excluding hydrogens is 244 g/mol. The molecule has 2 atom stereocenters. The Kier molecular flexibility index (Phi) is 3.58. The highest BCUT2D eigenvalue weighted by Gasteiger charge is 2.26. The first kappa shape index (κ1) is 12.0. The quantitative estimate of drug-likeness (QED) is 0.337. The van der Waals surface area contributed by atoms with E-state index in [0.29, 0.717) is 13.1 Å². The molecule has 0 N–H and O–H groups in total. The van der Waals surface area contributed by atoms with Gasteiger partial charge < -0.3 is 10.4 Å². The van der Waals surface area contributed by atoms with Gasteiger partial charge in [-0.15, -0.1) is 0 Å². The molecule has 16 heavy (non-hydrogen) atoms. The minimum Gasteiger partial charge on any atom is -0.614 e. The smallest absolute Gasteiger partial charge is 0.217 e. The van der Waals surface area contributed by atoms with Gasteiger partial charge in [0.15, 0.2) is 0 Å². The Labute approximate surface area is 103 Å². The zero-order chi connectivity index (χ0) is 11.5. The van der Waals surface area contributed by atoms with Crippen molar-refractivity contribution >= 4 is 22.0 Å². The summed E-state index contributed by atoms with van der Waals surface area (Å²) in [4.78, 5) is 0. The van der Waals surface area contributed by atoms with E-state index >= 15 is 0 Å². The van der Waals surface area contributed by atoms with Gasteiger partial charge in [-0.25, -0.2) is 0 Å². The molecule has 6 heteroatoms. The van der Waals surface area contributed by atoms with E-state index in [1.165, 1.54) is 0 Å². The number of hydrogen-bond acceptors (Lipinski definition) is 4. The molecule has 86 valence electrons. The maximum Gasteiger partial charge on any atom is 0.217 e. The fraction of sp³-hybridized carbons (Fsp3) is 0.200. The fourth-order valence-corrected chi connectivity index (χ4v) is 3.38. The molecule has 2 aliphatic rings. The topological polar surface area (TPSA) is 46.1 Å². The number of hydrogen-bond donors (Lipinski definition) is 0. The summed E-state index contributed by atoms with van der Waals surface area (Å²) in [5.74, 6) is 0. The Hall–Kier alpha value is -0.500. The van der Waals surface area contributed by atoms with Crippen LogP contribution in [0.5, 0.6) is 0 Å². The fourth-order valence-electron chi connectivity index (χ4n) is 1.28. The molecule has 0 spiro atoms. The number of rotatable bonds is 3. The number of quaternary nitrogens is 2. The van der Waals surface area contributed by atoms with Crippen molar-refractivity contribution in [2.24, 2.45) is 0 Å². The van der Waals surface area contributed by atoms with E-state index in [4.69, 9.17) is 0 Å². The molecule has 2 unspecified atom stereocenters. The van der Waals surface area contributed by atoms with E-state index in [2.05, 4.69) is 0 Å². The van der Waals surface area contributed by atoms with E-state index in [-0.39, 0.29) is 0 Å². The number of nitrogens with zero attached hydrogens (tertiary/aromatic N) is 2. The summed E-state index contributed by atoms with van der Waals surface area (Å²) in [7, 11) is 2.08. The molecule has 2 heterocycles. The zero-order valence-electron chi connectivity index (χ0n) is 8.56. The zero-order valence-corrected chi connectivity index (χ0v) is 10.2. The van der Waals surface area contributed by atoms with Crippen LogP contribution in [0.2, 0.25) is 0 Å². The second kappa shape index (κ2) is 4.79. The van der Waals surface area contributed by atoms with Crippen LogP contribution in [0.15, 0.2) is 48.9 Å². The third-order valence-electron chi connectivity index (χ3n) is 2.13. The van der Waals surface area contributed by atoms with Gasteiger partial charge >= 0.3 is 0 Å². The largest absolute Gasteiger partial charge is 0.614 e. The molecule has 0 aromatic heterocycles. The summed E-state index contributed by atoms with van der Waals surface area (Å²) in [5.41, 5.74) is 0. The molecule has 4 nitrogen and oxygen atoms in total.